The van der Waals surface area contributed by atoms with Crippen LogP contribution >= 0.6 is 0 Å². The van der Waals surface area contributed by atoms with E-state index in [0.717, 1.165) is 0 Å². The minimum absolute atomic E-state index is 0.0776. The quantitative estimate of drug-likeness (QED) is 0.746. The molecule has 1 aromatic heterocycles. The Morgan fingerprint density at radius 2 is 2.14 bits per heavy atom. The molecule has 14 heavy (non-hydrogen) atoms. The van der Waals surface area contributed by atoms with Crippen LogP contribution in [0.15, 0.2) is 18.3 Å². The molecule has 0 spiro atoms. The van der Waals surface area contributed by atoms with Crippen molar-refractivity contribution in [3.05, 3.63) is 24.0 Å². The van der Waals surface area contributed by atoms with Gasteiger partial charge in [0.25, 0.3) is 0 Å². The van der Waals surface area contributed by atoms with Crippen LogP contribution in [-0.4, -0.2) is 27.4 Å². The van der Waals surface area contributed by atoms with Gasteiger partial charge in [-0.1, -0.05) is 0 Å². The van der Waals surface area contributed by atoms with Crippen LogP contribution in [0.3, 0.4) is 0 Å². The lowest BCUT2D eigenvalue weighted by Gasteiger charge is -2.17. The summed E-state index contributed by atoms with van der Waals surface area (Å²) in [6, 6.07) is 3.39. The van der Waals surface area contributed by atoms with Gasteiger partial charge in [0.05, 0.1) is 24.1 Å². The number of aliphatic hydroxyl groups excluding tert-OH is 1. The molecule has 0 saturated heterocycles. The van der Waals surface area contributed by atoms with Crippen molar-refractivity contribution in [3.63, 3.8) is 0 Å². The summed E-state index contributed by atoms with van der Waals surface area (Å²) in [5.74, 6) is 0.587. The molecular formula is C10H15NO3. The highest BCUT2D eigenvalue weighted by atomic mass is 16.5. The molecular weight excluding hydrogens is 182 g/mol. The van der Waals surface area contributed by atoms with Crippen molar-refractivity contribution in [2.24, 2.45) is 0 Å². The van der Waals surface area contributed by atoms with Crippen LogP contribution in [-0.2, 0) is 6.61 Å². The Bertz CT molecular complexity index is 276. The van der Waals surface area contributed by atoms with E-state index in [1.807, 2.05) is 0 Å². The molecule has 0 saturated carbocycles. The second-order valence-electron chi connectivity index (χ2n) is 3.74. The van der Waals surface area contributed by atoms with Gasteiger partial charge in [0, 0.05) is 0 Å². The van der Waals surface area contributed by atoms with Crippen molar-refractivity contribution in [1.82, 2.24) is 4.98 Å². The van der Waals surface area contributed by atoms with E-state index in [1.54, 1.807) is 26.0 Å². The molecule has 1 rings (SSSR count). The van der Waals surface area contributed by atoms with Crippen LogP contribution in [0.25, 0.3) is 0 Å². The number of pyridine rings is 1. The summed E-state index contributed by atoms with van der Waals surface area (Å²) in [4.78, 5) is 3.94. The lowest BCUT2D eigenvalue weighted by atomic mass is 10.2. The molecule has 1 aromatic rings. The molecule has 0 amide bonds. The predicted octanol–water partition coefficient (Wildman–Crippen LogP) is 0.724. The molecule has 0 aromatic carbocycles. The fraction of sp³-hybridized carbons (Fsp3) is 0.500. The Kier molecular flexibility index (Phi) is 3.43. The second-order valence-corrected chi connectivity index (χ2v) is 3.74. The van der Waals surface area contributed by atoms with Gasteiger partial charge in [-0.15, -0.1) is 0 Å². The smallest absolute Gasteiger partial charge is 0.137 e. The average Bonchev–Trinajstić information content (AvgIpc) is 2.14. The maximum atomic E-state index is 9.39. The Morgan fingerprint density at radius 3 is 2.57 bits per heavy atom. The van der Waals surface area contributed by atoms with Gasteiger partial charge >= 0.3 is 0 Å². The molecule has 0 bridgehead atoms. The number of hydrogen-bond donors (Lipinski definition) is 2. The van der Waals surface area contributed by atoms with Crippen LogP contribution in [0, 0.1) is 0 Å². The zero-order valence-electron chi connectivity index (χ0n) is 8.40. The lowest BCUT2D eigenvalue weighted by molar-refractivity contribution is 0.0283. The topological polar surface area (TPSA) is 62.6 Å². The van der Waals surface area contributed by atoms with Crippen LogP contribution in [0.4, 0.5) is 0 Å². The maximum absolute atomic E-state index is 9.39. The van der Waals surface area contributed by atoms with Crippen LogP contribution in [0.5, 0.6) is 5.75 Å². The summed E-state index contributed by atoms with van der Waals surface area (Å²) in [5, 5.41) is 18.1. The third-order valence-corrected chi connectivity index (χ3v) is 1.55. The molecule has 78 valence electrons. The molecule has 0 aliphatic heterocycles. The predicted molar refractivity (Wildman–Crippen MR) is 52.0 cm³/mol. The monoisotopic (exact) mass is 197 g/mol. The summed E-state index contributed by atoms with van der Waals surface area (Å²) < 4.78 is 5.28. The number of hydrogen-bond acceptors (Lipinski definition) is 4. The SMILES string of the molecule is CC(C)(O)COc1ccc(CO)nc1. The highest BCUT2D eigenvalue weighted by Crippen LogP contribution is 2.11. The number of rotatable bonds is 4. The van der Waals surface area contributed by atoms with Crippen molar-refractivity contribution in [3.8, 4) is 5.75 Å². The van der Waals surface area contributed by atoms with Gasteiger partial charge in [-0.2, -0.15) is 0 Å². The third-order valence-electron chi connectivity index (χ3n) is 1.55. The van der Waals surface area contributed by atoms with Gasteiger partial charge in [-0.3, -0.25) is 4.98 Å². The first-order chi connectivity index (χ1) is 6.51. The van der Waals surface area contributed by atoms with E-state index in [-0.39, 0.29) is 13.2 Å². The molecule has 0 fully saturated rings. The fourth-order valence-electron chi connectivity index (χ4n) is 0.850. The molecule has 4 nitrogen and oxygen atoms in total. The van der Waals surface area contributed by atoms with E-state index < -0.39 is 5.60 Å². The third kappa shape index (κ3) is 3.72. The summed E-state index contributed by atoms with van der Waals surface area (Å²) in [6.45, 7) is 3.48. The number of aromatic nitrogens is 1. The molecule has 0 aliphatic carbocycles. The fourth-order valence-corrected chi connectivity index (χ4v) is 0.850. The first-order valence-electron chi connectivity index (χ1n) is 4.42. The second kappa shape index (κ2) is 4.39. The van der Waals surface area contributed by atoms with Crippen LogP contribution in [0.2, 0.25) is 0 Å². The van der Waals surface area contributed by atoms with Crippen LogP contribution < -0.4 is 4.74 Å². The highest BCUT2D eigenvalue weighted by molar-refractivity contribution is 5.19. The Morgan fingerprint density at radius 1 is 1.43 bits per heavy atom. The van der Waals surface area contributed by atoms with E-state index in [1.165, 1.54) is 6.20 Å². The summed E-state index contributed by atoms with van der Waals surface area (Å²) in [7, 11) is 0. The molecule has 0 atom stereocenters. The zero-order chi connectivity index (χ0) is 10.6. The lowest BCUT2D eigenvalue weighted by Crippen LogP contribution is -2.27. The molecule has 1 heterocycles. The number of aliphatic hydroxyl groups is 2. The van der Waals surface area contributed by atoms with E-state index in [0.29, 0.717) is 11.4 Å². The van der Waals surface area contributed by atoms with Crippen LogP contribution in [0.1, 0.15) is 19.5 Å². The first kappa shape index (κ1) is 10.9. The molecule has 0 aliphatic rings. The molecule has 0 radical (unpaired) electrons. The van der Waals surface area contributed by atoms with Crippen molar-refractivity contribution in [2.45, 2.75) is 26.1 Å². The summed E-state index contributed by atoms with van der Waals surface area (Å²) in [5.41, 5.74) is -0.254. The number of nitrogens with zero attached hydrogens (tertiary/aromatic N) is 1. The largest absolute Gasteiger partial charge is 0.489 e. The molecule has 2 N–H and O–H groups in total. The Hall–Kier alpha value is -1.13. The van der Waals surface area contributed by atoms with Gasteiger partial charge in [0.1, 0.15) is 12.4 Å². The standard InChI is InChI=1S/C10H15NO3/c1-10(2,13)7-14-9-4-3-8(6-12)11-5-9/h3-5,12-13H,6-7H2,1-2H3. The van der Waals surface area contributed by atoms with Crippen molar-refractivity contribution >= 4 is 0 Å². The van der Waals surface area contributed by atoms with E-state index >= 15 is 0 Å². The van der Waals surface area contributed by atoms with Gasteiger partial charge < -0.3 is 14.9 Å². The van der Waals surface area contributed by atoms with E-state index in [4.69, 9.17) is 9.84 Å². The van der Waals surface area contributed by atoms with E-state index in [9.17, 15) is 5.11 Å². The molecule has 4 heteroatoms. The van der Waals surface area contributed by atoms with Gasteiger partial charge in [0.15, 0.2) is 0 Å². The maximum Gasteiger partial charge on any atom is 0.137 e. The van der Waals surface area contributed by atoms with E-state index in [2.05, 4.69) is 4.98 Å². The van der Waals surface area contributed by atoms with Gasteiger partial charge in [-0.25, -0.2) is 0 Å². The van der Waals surface area contributed by atoms with Crippen molar-refractivity contribution in [2.75, 3.05) is 6.61 Å². The minimum Gasteiger partial charge on any atom is -0.489 e. The normalized spacial score (nSPS) is 11.4. The summed E-state index contributed by atoms with van der Waals surface area (Å²) >= 11 is 0. The number of ether oxygens (including phenoxy) is 1. The van der Waals surface area contributed by atoms with Gasteiger partial charge in [-0.05, 0) is 26.0 Å². The van der Waals surface area contributed by atoms with Gasteiger partial charge in [0.2, 0.25) is 0 Å². The zero-order valence-corrected chi connectivity index (χ0v) is 8.40. The average molecular weight is 197 g/mol. The van der Waals surface area contributed by atoms with Crippen molar-refractivity contribution < 1.29 is 14.9 Å². The summed E-state index contributed by atoms with van der Waals surface area (Å²) in [6.07, 6.45) is 1.53. The highest BCUT2D eigenvalue weighted by Gasteiger charge is 2.13. The Labute approximate surface area is 83.2 Å². The molecule has 0 unspecified atom stereocenters. The minimum atomic E-state index is -0.852. The van der Waals surface area contributed by atoms with Crippen molar-refractivity contribution in [1.29, 1.82) is 0 Å². The Balaban J connectivity index is 2.52. The first-order valence-corrected chi connectivity index (χ1v) is 4.42.